The molecule has 102 valence electrons. The number of fused-ring (bicyclic) bond motifs is 1. The summed E-state index contributed by atoms with van der Waals surface area (Å²) in [5, 5.41) is 0. The number of hydrogen-bond acceptors (Lipinski definition) is 2. The van der Waals surface area contributed by atoms with Crippen LogP contribution in [0.5, 0.6) is 0 Å². The summed E-state index contributed by atoms with van der Waals surface area (Å²) in [7, 11) is 0. The number of benzene rings is 1. The number of nitrogen functional groups attached to an aromatic ring is 1. The molecule has 2 fully saturated rings. The van der Waals surface area contributed by atoms with Gasteiger partial charge in [-0.2, -0.15) is 0 Å². The molecular weight excluding hydrogens is 236 g/mol. The van der Waals surface area contributed by atoms with Crippen LogP contribution in [-0.4, -0.2) is 23.9 Å². The van der Waals surface area contributed by atoms with Gasteiger partial charge in [0.05, 0.1) is 6.42 Å². The standard InChI is InChI=1S/C16H22N2O/c17-15-7-5-12(6-8-15)9-16(19)18-10-13-3-1-2-4-14(13)11-18/h5-8,13-14H,1-4,9-11,17H2. The van der Waals surface area contributed by atoms with E-state index in [9.17, 15) is 4.79 Å². The summed E-state index contributed by atoms with van der Waals surface area (Å²) in [6.07, 6.45) is 5.84. The number of anilines is 1. The molecule has 0 radical (unpaired) electrons. The lowest BCUT2D eigenvalue weighted by atomic mass is 9.82. The second kappa shape index (κ2) is 5.24. The SMILES string of the molecule is Nc1ccc(CC(=O)N2CC3CCCCC3C2)cc1. The molecule has 2 N–H and O–H groups in total. The fraction of sp³-hybridized carbons (Fsp3) is 0.562. The van der Waals surface area contributed by atoms with Gasteiger partial charge in [0.25, 0.3) is 0 Å². The topological polar surface area (TPSA) is 46.3 Å². The summed E-state index contributed by atoms with van der Waals surface area (Å²) in [4.78, 5) is 14.4. The molecule has 1 amide bonds. The van der Waals surface area contributed by atoms with Crippen molar-refractivity contribution in [3.8, 4) is 0 Å². The number of hydrogen-bond donors (Lipinski definition) is 1. The van der Waals surface area contributed by atoms with Crippen LogP contribution in [-0.2, 0) is 11.2 Å². The van der Waals surface area contributed by atoms with Gasteiger partial charge in [-0.05, 0) is 42.4 Å². The Morgan fingerprint density at radius 2 is 1.68 bits per heavy atom. The molecule has 19 heavy (non-hydrogen) atoms. The Morgan fingerprint density at radius 3 is 2.26 bits per heavy atom. The lowest BCUT2D eigenvalue weighted by Crippen LogP contribution is -2.30. The second-order valence-corrected chi connectivity index (χ2v) is 6.02. The lowest BCUT2D eigenvalue weighted by molar-refractivity contribution is -0.129. The van der Waals surface area contributed by atoms with Crippen LogP contribution in [0.4, 0.5) is 5.69 Å². The number of nitrogens with two attached hydrogens (primary N) is 1. The Balaban J connectivity index is 1.60. The van der Waals surface area contributed by atoms with Crippen LogP contribution in [0.25, 0.3) is 0 Å². The first kappa shape index (κ1) is 12.5. The summed E-state index contributed by atoms with van der Waals surface area (Å²) in [6.45, 7) is 1.97. The van der Waals surface area contributed by atoms with Crippen molar-refractivity contribution in [3.05, 3.63) is 29.8 Å². The molecule has 1 aliphatic carbocycles. The first-order valence-electron chi connectivity index (χ1n) is 7.34. The van der Waals surface area contributed by atoms with Crippen molar-refractivity contribution in [2.75, 3.05) is 18.8 Å². The van der Waals surface area contributed by atoms with Crippen molar-refractivity contribution < 1.29 is 4.79 Å². The summed E-state index contributed by atoms with van der Waals surface area (Å²) in [6, 6.07) is 7.64. The largest absolute Gasteiger partial charge is 0.399 e. The van der Waals surface area contributed by atoms with Gasteiger partial charge in [0.15, 0.2) is 0 Å². The monoisotopic (exact) mass is 258 g/mol. The number of nitrogens with zero attached hydrogens (tertiary/aromatic N) is 1. The summed E-state index contributed by atoms with van der Waals surface area (Å²) in [5.74, 6) is 1.81. The maximum atomic E-state index is 12.3. The van der Waals surface area contributed by atoms with Crippen molar-refractivity contribution in [2.45, 2.75) is 32.1 Å². The van der Waals surface area contributed by atoms with Crippen molar-refractivity contribution in [3.63, 3.8) is 0 Å². The van der Waals surface area contributed by atoms with E-state index in [-0.39, 0.29) is 5.91 Å². The zero-order valence-electron chi connectivity index (χ0n) is 11.3. The maximum absolute atomic E-state index is 12.3. The first-order chi connectivity index (χ1) is 9.22. The molecule has 3 nitrogen and oxygen atoms in total. The molecule has 0 bridgehead atoms. The van der Waals surface area contributed by atoms with E-state index in [4.69, 9.17) is 5.73 Å². The van der Waals surface area contributed by atoms with Gasteiger partial charge in [0, 0.05) is 18.8 Å². The molecule has 1 aliphatic heterocycles. The van der Waals surface area contributed by atoms with Crippen LogP contribution in [0, 0.1) is 11.8 Å². The lowest BCUT2D eigenvalue weighted by Gasteiger charge is -2.22. The Bertz CT molecular complexity index is 440. The van der Waals surface area contributed by atoms with Gasteiger partial charge < -0.3 is 10.6 Å². The molecule has 2 unspecified atom stereocenters. The summed E-state index contributed by atoms with van der Waals surface area (Å²) < 4.78 is 0. The normalized spacial score (nSPS) is 26.2. The quantitative estimate of drug-likeness (QED) is 0.828. The Hall–Kier alpha value is -1.51. The Labute approximate surface area is 114 Å². The highest BCUT2D eigenvalue weighted by molar-refractivity contribution is 5.79. The van der Waals surface area contributed by atoms with E-state index in [1.54, 1.807) is 0 Å². The third-order valence-electron chi connectivity index (χ3n) is 4.66. The highest BCUT2D eigenvalue weighted by Gasteiger charge is 2.36. The van der Waals surface area contributed by atoms with Gasteiger partial charge in [-0.15, -0.1) is 0 Å². The fourth-order valence-electron chi connectivity index (χ4n) is 3.53. The highest BCUT2D eigenvalue weighted by Crippen LogP contribution is 2.36. The fourth-order valence-corrected chi connectivity index (χ4v) is 3.53. The van der Waals surface area contributed by atoms with E-state index >= 15 is 0 Å². The van der Waals surface area contributed by atoms with Crippen molar-refractivity contribution in [1.82, 2.24) is 4.90 Å². The van der Waals surface area contributed by atoms with Gasteiger partial charge in [0.1, 0.15) is 0 Å². The molecule has 1 saturated carbocycles. The molecule has 1 aromatic rings. The van der Waals surface area contributed by atoms with Crippen LogP contribution in [0.15, 0.2) is 24.3 Å². The molecule has 0 spiro atoms. The van der Waals surface area contributed by atoms with Crippen molar-refractivity contribution in [2.24, 2.45) is 11.8 Å². The summed E-state index contributed by atoms with van der Waals surface area (Å²) >= 11 is 0. The van der Waals surface area contributed by atoms with E-state index < -0.39 is 0 Å². The number of rotatable bonds is 2. The third-order valence-corrected chi connectivity index (χ3v) is 4.66. The minimum atomic E-state index is 0.277. The smallest absolute Gasteiger partial charge is 0.227 e. The van der Waals surface area contributed by atoms with E-state index in [1.165, 1.54) is 25.7 Å². The minimum absolute atomic E-state index is 0.277. The average Bonchev–Trinajstić information content (AvgIpc) is 2.85. The van der Waals surface area contributed by atoms with Crippen molar-refractivity contribution >= 4 is 11.6 Å². The van der Waals surface area contributed by atoms with E-state index in [2.05, 4.69) is 4.90 Å². The van der Waals surface area contributed by atoms with E-state index in [0.29, 0.717) is 6.42 Å². The molecule has 3 heteroatoms. The minimum Gasteiger partial charge on any atom is -0.399 e. The molecule has 0 aromatic heterocycles. The zero-order chi connectivity index (χ0) is 13.2. The maximum Gasteiger partial charge on any atom is 0.227 e. The van der Waals surface area contributed by atoms with Gasteiger partial charge >= 0.3 is 0 Å². The molecule has 2 aliphatic rings. The molecule has 3 rings (SSSR count). The number of carbonyl (C=O) groups is 1. The average molecular weight is 258 g/mol. The molecule has 1 heterocycles. The predicted molar refractivity (Wildman–Crippen MR) is 76.6 cm³/mol. The van der Waals surface area contributed by atoms with Gasteiger partial charge in [0.2, 0.25) is 5.91 Å². The molecule has 1 aromatic carbocycles. The van der Waals surface area contributed by atoms with Gasteiger partial charge in [-0.1, -0.05) is 25.0 Å². The number of amides is 1. The third kappa shape index (κ3) is 2.75. The van der Waals surface area contributed by atoms with Crippen molar-refractivity contribution in [1.29, 1.82) is 0 Å². The van der Waals surface area contributed by atoms with Crippen LogP contribution in [0.3, 0.4) is 0 Å². The van der Waals surface area contributed by atoms with E-state index in [1.807, 2.05) is 24.3 Å². The molecular formula is C16H22N2O. The van der Waals surface area contributed by atoms with Crippen LogP contribution >= 0.6 is 0 Å². The van der Waals surface area contributed by atoms with E-state index in [0.717, 1.165) is 36.2 Å². The zero-order valence-corrected chi connectivity index (χ0v) is 11.3. The first-order valence-corrected chi connectivity index (χ1v) is 7.34. The molecule has 1 saturated heterocycles. The Morgan fingerprint density at radius 1 is 1.11 bits per heavy atom. The summed E-state index contributed by atoms with van der Waals surface area (Å²) in [5.41, 5.74) is 7.48. The molecule has 2 atom stereocenters. The predicted octanol–water partition coefficient (Wildman–Crippen LogP) is 2.46. The van der Waals surface area contributed by atoms with Gasteiger partial charge in [-0.3, -0.25) is 4.79 Å². The Kier molecular flexibility index (Phi) is 3.45. The van der Waals surface area contributed by atoms with Crippen LogP contribution in [0.1, 0.15) is 31.2 Å². The number of carbonyl (C=O) groups excluding carboxylic acids is 1. The van der Waals surface area contributed by atoms with Crippen LogP contribution < -0.4 is 5.73 Å². The second-order valence-electron chi connectivity index (χ2n) is 6.02. The van der Waals surface area contributed by atoms with Crippen LogP contribution in [0.2, 0.25) is 0 Å². The van der Waals surface area contributed by atoms with Gasteiger partial charge in [-0.25, -0.2) is 0 Å². The highest BCUT2D eigenvalue weighted by atomic mass is 16.2. The number of likely N-dealkylation sites (tertiary alicyclic amines) is 1.